The summed E-state index contributed by atoms with van der Waals surface area (Å²) >= 11 is 0. The summed E-state index contributed by atoms with van der Waals surface area (Å²) in [6.45, 7) is 2.24. The fraction of sp³-hybridized carbons (Fsp3) is 0.552. The molecule has 0 aliphatic heterocycles. The molecule has 0 unspecified atom stereocenters. The lowest BCUT2D eigenvalue weighted by Gasteiger charge is -2.37. The fourth-order valence-corrected chi connectivity index (χ4v) is 5.33. The number of benzene rings is 2. The number of hydrogen-bond donors (Lipinski definition) is 1. The van der Waals surface area contributed by atoms with Gasteiger partial charge < -0.3 is 5.11 Å². The molecule has 0 radical (unpaired) electrons. The molecular weight excluding hydrogens is 418 g/mol. The van der Waals surface area contributed by atoms with E-state index in [0.29, 0.717) is 35.4 Å². The van der Waals surface area contributed by atoms with E-state index in [0.717, 1.165) is 12.8 Å². The minimum Gasteiger partial charge on any atom is -0.481 e. The molecule has 1 fully saturated rings. The quantitative estimate of drug-likeness (QED) is 0.324. The third kappa shape index (κ3) is 6.65. The van der Waals surface area contributed by atoms with Gasteiger partial charge in [0.2, 0.25) is 0 Å². The lowest BCUT2D eigenvalue weighted by Crippen LogP contribution is -2.39. The Morgan fingerprint density at radius 1 is 0.909 bits per heavy atom. The first-order valence-corrected chi connectivity index (χ1v) is 12.8. The maximum absolute atomic E-state index is 15.0. The summed E-state index contributed by atoms with van der Waals surface area (Å²) in [6, 6.07) is 10.4. The van der Waals surface area contributed by atoms with Gasteiger partial charge in [0.25, 0.3) is 0 Å². The minimum atomic E-state index is -1.02. The molecule has 1 saturated carbocycles. The Bertz CT molecular complexity index is 883. The van der Waals surface area contributed by atoms with Crippen LogP contribution in [0.5, 0.6) is 0 Å². The van der Waals surface area contributed by atoms with Crippen LogP contribution in [0, 0.1) is 17.6 Å². The minimum absolute atomic E-state index is 0.364. The molecule has 2 nitrogen and oxygen atoms in total. The molecule has 1 aliphatic carbocycles. The molecule has 0 aromatic heterocycles. The molecule has 0 spiro atoms. The molecule has 2 aromatic carbocycles. The molecule has 3 rings (SSSR count). The molecule has 180 valence electrons. The van der Waals surface area contributed by atoms with E-state index >= 15 is 0 Å². The Morgan fingerprint density at radius 2 is 1.52 bits per heavy atom. The highest BCUT2D eigenvalue weighted by atomic mass is 19.1. The number of unbranched alkanes of at least 4 members (excludes halogenated alkanes) is 7. The Labute approximate surface area is 197 Å². The van der Waals surface area contributed by atoms with Gasteiger partial charge in [-0.05, 0) is 60.9 Å². The molecule has 0 bridgehead atoms. The highest BCUT2D eigenvalue weighted by Crippen LogP contribution is 2.44. The van der Waals surface area contributed by atoms with E-state index in [-0.39, 0.29) is 5.82 Å². The third-order valence-corrected chi connectivity index (χ3v) is 7.51. The smallest absolute Gasteiger partial charge is 0.314 e. The molecule has 1 N–H and O–H groups in total. The van der Waals surface area contributed by atoms with E-state index in [2.05, 4.69) is 6.92 Å². The van der Waals surface area contributed by atoms with Crippen LogP contribution in [-0.2, 0) is 10.2 Å². The van der Waals surface area contributed by atoms with Gasteiger partial charge in [0.15, 0.2) is 0 Å². The molecule has 1 aliphatic rings. The third-order valence-electron chi connectivity index (χ3n) is 7.51. The van der Waals surface area contributed by atoms with E-state index in [4.69, 9.17) is 0 Å². The first-order valence-electron chi connectivity index (χ1n) is 12.8. The van der Waals surface area contributed by atoms with Gasteiger partial charge in [-0.2, -0.15) is 0 Å². The Morgan fingerprint density at radius 3 is 2.09 bits per heavy atom. The zero-order valence-electron chi connectivity index (χ0n) is 19.9. The summed E-state index contributed by atoms with van der Waals surface area (Å²) < 4.78 is 28.1. The standard InChI is InChI=1S/C29H38F2O2/c1-2-3-4-5-6-7-8-9-10-22-17-19-29(20-18-22,28(32)33)24-13-16-26(27(31)21-24)23-11-14-25(30)15-12-23/h11-16,21-22H,2-10,17-20H2,1H3,(H,32,33). The van der Waals surface area contributed by atoms with Crippen LogP contribution in [0.2, 0.25) is 0 Å². The zero-order valence-corrected chi connectivity index (χ0v) is 19.9. The molecule has 4 heteroatoms. The predicted octanol–water partition coefficient (Wildman–Crippen LogP) is 8.68. The lowest BCUT2D eigenvalue weighted by atomic mass is 9.66. The number of aliphatic carboxylic acids is 1. The van der Waals surface area contributed by atoms with Gasteiger partial charge in [-0.25, -0.2) is 8.78 Å². The van der Waals surface area contributed by atoms with Gasteiger partial charge in [0.05, 0.1) is 5.41 Å². The second kappa shape index (κ2) is 12.3. The van der Waals surface area contributed by atoms with Gasteiger partial charge in [0, 0.05) is 5.56 Å². The summed E-state index contributed by atoms with van der Waals surface area (Å²) in [4.78, 5) is 12.3. The average molecular weight is 457 g/mol. The largest absolute Gasteiger partial charge is 0.481 e. The van der Waals surface area contributed by atoms with Crippen molar-refractivity contribution in [2.45, 2.75) is 95.8 Å². The zero-order chi connectivity index (χ0) is 23.7. The van der Waals surface area contributed by atoms with E-state index in [1.54, 1.807) is 12.1 Å². The van der Waals surface area contributed by atoms with Crippen molar-refractivity contribution in [3.8, 4) is 11.1 Å². The number of hydrogen-bond acceptors (Lipinski definition) is 1. The SMILES string of the molecule is CCCCCCCCCCC1CCC(C(=O)O)(c2ccc(-c3ccc(F)cc3)c(F)c2)CC1. The van der Waals surface area contributed by atoms with E-state index < -0.39 is 17.2 Å². The monoisotopic (exact) mass is 456 g/mol. The fourth-order valence-electron chi connectivity index (χ4n) is 5.33. The van der Waals surface area contributed by atoms with Crippen molar-refractivity contribution in [3.05, 3.63) is 59.7 Å². The van der Waals surface area contributed by atoms with Crippen LogP contribution in [0.4, 0.5) is 8.78 Å². The summed E-state index contributed by atoms with van der Waals surface area (Å²) in [5.41, 5.74) is 0.475. The topological polar surface area (TPSA) is 37.3 Å². The van der Waals surface area contributed by atoms with E-state index in [1.165, 1.54) is 88.1 Å². The summed E-state index contributed by atoms with van der Waals surface area (Å²) in [5.74, 6) is -1.12. The summed E-state index contributed by atoms with van der Waals surface area (Å²) in [7, 11) is 0. The first-order chi connectivity index (χ1) is 16.0. The first kappa shape index (κ1) is 25.4. The number of carbonyl (C=O) groups is 1. The normalized spacial score (nSPS) is 20.6. The number of halogens is 2. The summed E-state index contributed by atoms with van der Waals surface area (Å²) in [6.07, 6.45) is 14.5. The van der Waals surface area contributed by atoms with Gasteiger partial charge in [-0.3, -0.25) is 4.79 Å². The van der Waals surface area contributed by atoms with Crippen LogP contribution in [0.3, 0.4) is 0 Å². The van der Waals surface area contributed by atoms with Gasteiger partial charge >= 0.3 is 5.97 Å². The van der Waals surface area contributed by atoms with Crippen molar-refractivity contribution in [1.29, 1.82) is 0 Å². The number of carboxylic acid groups (broad SMARTS) is 1. The van der Waals surface area contributed by atoms with E-state index in [9.17, 15) is 18.7 Å². The van der Waals surface area contributed by atoms with Crippen molar-refractivity contribution in [1.82, 2.24) is 0 Å². The molecule has 0 saturated heterocycles. The van der Waals surface area contributed by atoms with Crippen LogP contribution in [0.1, 0.15) is 96.0 Å². The van der Waals surface area contributed by atoms with Crippen molar-refractivity contribution >= 4 is 5.97 Å². The molecule has 0 amide bonds. The lowest BCUT2D eigenvalue weighted by molar-refractivity contribution is -0.145. The number of carboxylic acids is 1. The summed E-state index contributed by atoms with van der Waals surface area (Å²) in [5, 5.41) is 10.1. The number of rotatable bonds is 12. The second-order valence-corrected chi connectivity index (χ2v) is 9.80. The van der Waals surface area contributed by atoms with Crippen LogP contribution >= 0.6 is 0 Å². The van der Waals surface area contributed by atoms with Gasteiger partial charge in [-0.15, -0.1) is 0 Å². The van der Waals surface area contributed by atoms with Gasteiger partial charge in [-0.1, -0.05) is 89.0 Å². The van der Waals surface area contributed by atoms with Crippen LogP contribution in [0.15, 0.2) is 42.5 Å². The van der Waals surface area contributed by atoms with Gasteiger partial charge in [0.1, 0.15) is 11.6 Å². The van der Waals surface area contributed by atoms with Crippen LogP contribution in [-0.4, -0.2) is 11.1 Å². The van der Waals surface area contributed by atoms with Crippen LogP contribution < -0.4 is 0 Å². The second-order valence-electron chi connectivity index (χ2n) is 9.80. The molecular formula is C29H38F2O2. The van der Waals surface area contributed by atoms with Crippen molar-refractivity contribution < 1.29 is 18.7 Å². The highest BCUT2D eigenvalue weighted by Gasteiger charge is 2.43. The average Bonchev–Trinajstić information content (AvgIpc) is 2.82. The Balaban J connectivity index is 1.56. The van der Waals surface area contributed by atoms with Crippen molar-refractivity contribution in [3.63, 3.8) is 0 Å². The highest BCUT2D eigenvalue weighted by molar-refractivity contribution is 5.82. The Hall–Kier alpha value is -2.23. The van der Waals surface area contributed by atoms with Crippen LogP contribution in [0.25, 0.3) is 11.1 Å². The molecule has 2 aromatic rings. The maximum atomic E-state index is 15.0. The van der Waals surface area contributed by atoms with Crippen molar-refractivity contribution in [2.75, 3.05) is 0 Å². The maximum Gasteiger partial charge on any atom is 0.314 e. The Kier molecular flexibility index (Phi) is 9.46. The molecule has 0 heterocycles. The molecule has 33 heavy (non-hydrogen) atoms. The van der Waals surface area contributed by atoms with Crippen molar-refractivity contribution in [2.24, 2.45) is 5.92 Å². The van der Waals surface area contributed by atoms with E-state index in [1.807, 2.05) is 0 Å². The molecule has 0 atom stereocenters. The predicted molar refractivity (Wildman–Crippen MR) is 130 cm³/mol.